The fourth-order valence-electron chi connectivity index (χ4n) is 3.50. The van der Waals surface area contributed by atoms with E-state index in [9.17, 15) is 4.79 Å². The Bertz CT molecular complexity index is 736. The van der Waals surface area contributed by atoms with E-state index in [1.807, 2.05) is 40.8 Å². The predicted octanol–water partition coefficient (Wildman–Crippen LogP) is 2.61. The molecule has 6 heteroatoms. The molecule has 2 aliphatic rings. The van der Waals surface area contributed by atoms with Gasteiger partial charge in [-0.05, 0) is 31.4 Å². The van der Waals surface area contributed by atoms with Crippen LogP contribution in [0.3, 0.4) is 0 Å². The van der Waals surface area contributed by atoms with Gasteiger partial charge in [0.1, 0.15) is 6.33 Å². The Balaban J connectivity index is 1.51. The molecule has 0 N–H and O–H groups in total. The quantitative estimate of drug-likeness (QED) is 0.839. The highest BCUT2D eigenvalue weighted by Gasteiger charge is 2.33. The number of hydrogen-bond acceptors (Lipinski definition) is 4. The number of ether oxygens (including phenoxy) is 1. The SMILES string of the molecule is CCn1ncnc1-c1ccc(C(=O)N2CCOCC2CC2CC2)cc1. The van der Waals surface area contributed by atoms with Gasteiger partial charge in [0.15, 0.2) is 5.82 Å². The molecule has 2 fully saturated rings. The minimum absolute atomic E-state index is 0.109. The third-order valence-electron chi connectivity index (χ3n) is 5.10. The first-order chi connectivity index (χ1) is 12.3. The second-order valence-corrected chi connectivity index (χ2v) is 6.88. The van der Waals surface area contributed by atoms with Crippen molar-refractivity contribution in [1.29, 1.82) is 0 Å². The van der Waals surface area contributed by atoms with Crippen molar-refractivity contribution in [2.75, 3.05) is 19.8 Å². The molecular weight excluding hydrogens is 316 g/mol. The Morgan fingerprint density at radius 2 is 2.08 bits per heavy atom. The Morgan fingerprint density at radius 3 is 2.80 bits per heavy atom. The van der Waals surface area contributed by atoms with Crippen LogP contribution in [0.4, 0.5) is 0 Å². The fourth-order valence-corrected chi connectivity index (χ4v) is 3.50. The van der Waals surface area contributed by atoms with Crippen LogP contribution in [-0.4, -0.2) is 51.4 Å². The topological polar surface area (TPSA) is 60.2 Å². The molecule has 1 amide bonds. The third-order valence-corrected chi connectivity index (χ3v) is 5.10. The van der Waals surface area contributed by atoms with Crippen molar-refractivity contribution < 1.29 is 9.53 Å². The molecule has 4 rings (SSSR count). The smallest absolute Gasteiger partial charge is 0.254 e. The molecule has 1 aromatic heterocycles. The highest BCUT2D eigenvalue weighted by atomic mass is 16.5. The van der Waals surface area contributed by atoms with E-state index in [-0.39, 0.29) is 11.9 Å². The zero-order chi connectivity index (χ0) is 17.2. The molecule has 0 spiro atoms. The van der Waals surface area contributed by atoms with E-state index in [2.05, 4.69) is 10.1 Å². The highest BCUT2D eigenvalue weighted by molar-refractivity contribution is 5.95. The third kappa shape index (κ3) is 3.44. The first-order valence-electron chi connectivity index (χ1n) is 9.13. The van der Waals surface area contributed by atoms with Gasteiger partial charge in [0.05, 0.1) is 19.3 Å². The minimum atomic E-state index is 0.109. The summed E-state index contributed by atoms with van der Waals surface area (Å²) in [6.45, 7) is 4.79. The van der Waals surface area contributed by atoms with Crippen LogP contribution < -0.4 is 0 Å². The van der Waals surface area contributed by atoms with Gasteiger partial charge in [-0.15, -0.1) is 0 Å². The second-order valence-electron chi connectivity index (χ2n) is 6.88. The molecule has 1 atom stereocenters. The van der Waals surface area contributed by atoms with Crippen molar-refractivity contribution in [2.24, 2.45) is 5.92 Å². The van der Waals surface area contributed by atoms with Gasteiger partial charge in [-0.2, -0.15) is 5.10 Å². The van der Waals surface area contributed by atoms with Crippen molar-refractivity contribution in [3.8, 4) is 11.4 Å². The first-order valence-corrected chi connectivity index (χ1v) is 9.13. The van der Waals surface area contributed by atoms with E-state index in [0.29, 0.717) is 19.8 Å². The van der Waals surface area contributed by atoms with E-state index in [4.69, 9.17) is 4.74 Å². The molecule has 1 aliphatic carbocycles. The van der Waals surface area contributed by atoms with Crippen LogP contribution in [0, 0.1) is 5.92 Å². The lowest BCUT2D eigenvalue weighted by Gasteiger charge is -2.36. The molecule has 1 saturated heterocycles. The van der Waals surface area contributed by atoms with E-state index >= 15 is 0 Å². The molecule has 25 heavy (non-hydrogen) atoms. The van der Waals surface area contributed by atoms with Gasteiger partial charge in [-0.25, -0.2) is 9.67 Å². The van der Waals surface area contributed by atoms with Gasteiger partial charge in [0.2, 0.25) is 0 Å². The maximum atomic E-state index is 13.0. The Labute approximate surface area is 147 Å². The lowest BCUT2D eigenvalue weighted by Crippen LogP contribution is -2.48. The molecule has 0 radical (unpaired) electrons. The monoisotopic (exact) mass is 340 g/mol. The van der Waals surface area contributed by atoms with E-state index in [1.54, 1.807) is 6.33 Å². The van der Waals surface area contributed by atoms with Crippen molar-refractivity contribution in [3.63, 3.8) is 0 Å². The Hall–Kier alpha value is -2.21. The maximum absolute atomic E-state index is 13.0. The van der Waals surface area contributed by atoms with Gasteiger partial charge in [0.25, 0.3) is 5.91 Å². The van der Waals surface area contributed by atoms with Gasteiger partial charge in [0, 0.05) is 24.2 Å². The molecule has 2 aromatic rings. The number of hydrogen-bond donors (Lipinski definition) is 0. The molecule has 132 valence electrons. The molecule has 1 unspecified atom stereocenters. The van der Waals surface area contributed by atoms with Crippen LogP contribution in [0.25, 0.3) is 11.4 Å². The number of nitrogens with zero attached hydrogens (tertiary/aromatic N) is 4. The minimum Gasteiger partial charge on any atom is -0.377 e. The summed E-state index contributed by atoms with van der Waals surface area (Å²) >= 11 is 0. The lowest BCUT2D eigenvalue weighted by molar-refractivity contribution is -0.00569. The summed E-state index contributed by atoms with van der Waals surface area (Å²) < 4.78 is 7.46. The van der Waals surface area contributed by atoms with Crippen LogP contribution in [0.1, 0.15) is 36.5 Å². The largest absolute Gasteiger partial charge is 0.377 e. The first kappa shape index (κ1) is 16.3. The number of benzene rings is 1. The summed E-state index contributed by atoms with van der Waals surface area (Å²) in [7, 11) is 0. The number of rotatable bonds is 5. The molecule has 1 saturated carbocycles. The van der Waals surface area contributed by atoms with Crippen LogP contribution in [0.15, 0.2) is 30.6 Å². The lowest BCUT2D eigenvalue weighted by atomic mass is 10.1. The fraction of sp³-hybridized carbons (Fsp3) is 0.526. The summed E-state index contributed by atoms with van der Waals surface area (Å²) in [4.78, 5) is 19.3. The molecule has 1 aliphatic heterocycles. The molecule has 0 bridgehead atoms. The van der Waals surface area contributed by atoms with Crippen LogP contribution >= 0.6 is 0 Å². The summed E-state index contributed by atoms with van der Waals surface area (Å²) in [6, 6.07) is 7.93. The van der Waals surface area contributed by atoms with Gasteiger partial charge < -0.3 is 9.64 Å². The highest BCUT2D eigenvalue weighted by Crippen LogP contribution is 2.35. The number of aryl methyl sites for hydroxylation is 1. The number of morpholine rings is 1. The van der Waals surface area contributed by atoms with Crippen LogP contribution in [0.5, 0.6) is 0 Å². The molecule has 6 nitrogen and oxygen atoms in total. The Kier molecular flexibility index (Phi) is 4.53. The summed E-state index contributed by atoms with van der Waals surface area (Å²) in [5.74, 6) is 1.72. The number of amides is 1. The van der Waals surface area contributed by atoms with Crippen LogP contribution in [-0.2, 0) is 11.3 Å². The average Bonchev–Trinajstić information content (AvgIpc) is 3.34. The van der Waals surface area contributed by atoms with Crippen molar-refractivity contribution in [2.45, 2.75) is 38.8 Å². The zero-order valence-corrected chi connectivity index (χ0v) is 14.6. The van der Waals surface area contributed by atoms with Crippen LogP contribution in [0.2, 0.25) is 0 Å². The Morgan fingerprint density at radius 1 is 1.28 bits per heavy atom. The van der Waals surface area contributed by atoms with Crippen molar-refractivity contribution in [1.82, 2.24) is 19.7 Å². The van der Waals surface area contributed by atoms with Crippen molar-refractivity contribution >= 4 is 5.91 Å². The molecule has 1 aromatic carbocycles. The zero-order valence-electron chi connectivity index (χ0n) is 14.6. The normalized spacial score (nSPS) is 20.7. The molecular formula is C19H24N4O2. The van der Waals surface area contributed by atoms with E-state index in [1.165, 1.54) is 12.8 Å². The predicted molar refractivity (Wildman–Crippen MR) is 94.1 cm³/mol. The van der Waals surface area contributed by atoms with Gasteiger partial charge in [-0.3, -0.25) is 4.79 Å². The summed E-state index contributed by atoms with van der Waals surface area (Å²) in [5.41, 5.74) is 1.71. The number of aromatic nitrogens is 3. The second kappa shape index (κ2) is 6.96. The maximum Gasteiger partial charge on any atom is 0.254 e. The summed E-state index contributed by atoms with van der Waals surface area (Å²) in [5, 5.41) is 4.20. The summed E-state index contributed by atoms with van der Waals surface area (Å²) in [6.07, 6.45) is 5.23. The standard InChI is InChI=1S/C19H24N4O2/c1-2-23-18(20-13-21-23)15-5-7-16(8-6-15)19(24)22-9-10-25-12-17(22)11-14-3-4-14/h5-8,13-14,17H,2-4,9-12H2,1H3. The number of carbonyl (C=O) groups is 1. The van der Waals surface area contributed by atoms with E-state index < -0.39 is 0 Å². The average molecular weight is 340 g/mol. The van der Waals surface area contributed by atoms with Gasteiger partial charge >= 0.3 is 0 Å². The molecule has 2 heterocycles. The van der Waals surface area contributed by atoms with Crippen molar-refractivity contribution in [3.05, 3.63) is 36.2 Å². The van der Waals surface area contributed by atoms with E-state index in [0.717, 1.165) is 35.8 Å². The van der Waals surface area contributed by atoms with Gasteiger partial charge in [-0.1, -0.05) is 25.0 Å². The number of carbonyl (C=O) groups excluding carboxylic acids is 1.